The van der Waals surface area contributed by atoms with Gasteiger partial charge in [-0.05, 0) is 0 Å². The molecule has 0 N–H and O–H groups in total. The minimum absolute atomic E-state index is 0.880. The Morgan fingerprint density at radius 3 is 1.14 bits per heavy atom. The first-order valence-corrected chi connectivity index (χ1v) is 4.22. The maximum absolute atomic E-state index is 3.62. The molecular formula is C6H10Si. The summed E-state index contributed by atoms with van der Waals surface area (Å²) in [4.78, 5) is 0. The van der Waals surface area contributed by atoms with Gasteiger partial charge in [-0.3, -0.25) is 0 Å². The number of hydrogen-bond donors (Lipinski definition) is 0. The van der Waals surface area contributed by atoms with Gasteiger partial charge in [-0.1, -0.05) is 17.1 Å². The summed E-state index contributed by atoms with van der Waals surface area (Å²) in [5.41, 5.74) is 5.79. The van der Waals surface area contributed by atoms with E-state index in [2.05, 4.69) is 19.7 Å². The molecule has 0 nitrogen and oxygen atoms in total. The van der Waals surface area contributed by atoms with E-state index in [4.69, 9.17) is 0 Å². The molecule has 0 radical (unpaired) electrons. The Hall–Kier alpha value is -0.563. The molecule has 0 bridgehead atoms. The molecule has 1 heteroatoms. The highest BCUT2D eigenvalue weighted by molar-refractivity contribution is 6.73. The van der Waals surface area contributed by atoms with E-state index in [-0.39, 0.29) is 0 Å². The monoisotopic (exact) mass is 110 g/mol. The highest BCUT2D eigenvalue weighted by Crippen LogP contribution is 1.82. The molecule has 0 aromatic heterocycles. The predicted molar refractivity (Wildman–Crippen MR) is 37.7 cm³/mol. The van der Waals surface area contributed by atoms with Crippen molar-refractivity contribution in [3.05, 3.63) is 36.8 Å². The minimum Gasteiger partial charge on any atom is -0.107 e. The predicted octanol–water partition coefficient (Wildman–Crippen LogP) is 1.39. The van der Waals surface area contributed by atoms with Gasteiger partial charge < -0.3 is 0 Å². The third kappa shape index (κ3) is 2.17. The largest absolute Gasteiger partial charge is 0.107 e. The molecule has 0 aromatic rings. The first kappa shape index (κ1) is 6.44. The van der Waals surface area contributed by atoms with Crippen LogP contribution in [0.25, 0.3) is 0 Å². The van der Waals surface area contributed by atoms with Gasteiger partial charge in [0, 0.05) is 0 Å². The quantitative estimate of drug-likeness (QED) is 0.482. The van der Waals surface area contributed by atoms with Crippen molar-refractivity contribution < 1.29 is 0 Å². The highest BCUT2D eigenvalue weighted by Gasteiger charge is 1.87. The summed E-state index contributed by atoms with van der Waals surface area (Å²) in [6.07, 6.45) is 0. The molecule has 0 unspecified atom stereocenters. The van der Waals surface area contributed by atoms with Gasteiger partial charge in [0.1, 0.15) is 8.80 Å². The van der Waals surface area contributed by atoms with E-state index in [9.17, 15) is 0 Å². The Morgan fingerprint density at radius 2 is 1.14 bits per heavy atom. The third-order valence-electron chi connectivity index (χ3n) is 0.816. The van der Waals surface area contributed by atoms with Crippen LogP contribution in [0.1, 0.15) is 0 Å². The Kier molecular flexibility index (Phi) is 3.33. The summed E-state index contributed by atoms with van der Waals surface area (Å²) < 4.78 is 0. The van der Waals surface area contributed by atoms with Crippen LogP contribution in [0.3, 0.4) is 0 Å². The van der Waals surface area contributed by atoms with E-state index in [1.54, 1.807) is 0 Å². The Bertz CT molecular complexity index is 65.2. The molecule has 0 aliphatic heterocycles. The molecule has 0 aromatic carbocycles. The molecule has 7 heavy (non-hydrogen) atoms. The lowest BCUT2D eigenvalue weighted by Crippen LogP contribution is -1.97. The first-order valence-electron chi connectivity index (χ1n) is 2.22. The fraction of sp³-hybridized carbons (Fsp3) is 0. The summed E-state index contributed by atoms with van der Waals surface area (Å²) in [5, 5.41) is 0. The van der Waals surface area contributed by atoms with Crippen molar-refractivity contribution >= 4 is 8.80 Å². The SMILES string of the molecule is C=C[SiH](C=C)C=C. The normalized spacial score (nSPS) is 8.14. The molecule has 0 fully saturated rings. The van der Waals surface area contributed by atoms with Gasteiger partial charge in [-0.25, -0.2) is 0 Å². The Labute approximate surface area is 46.5 Å². The molecule has 0 heterocycles. The Morgan fingerprint density at radius 1 is 0.857 bits per heavy atom. The average Bonchev–Trinajstić information content (AvgIpc) is 1.72. The topological polar surface area (TPSA) is 0 Å². The molecule has 0 saturated heterocycles. The summed E-state index contributed by atoms with van der Waals surface area (Å²) in [7, 11) is -0.880. The van der Waals surface area contributed by atoms with E-state index in [0.717, 1.165) is 0 Å². The summed E-state index contributed by atoms with van der Waals surface area (Å²) in [5.74, 6) is 0. The van der Waals surface area contributed by atoms with Crippen molar-refractivity contribution in [1.82, 2.24) is 0 Å². The molecule has 0 atom stereocenters. The van der Waals surface area contributed by atoms with E-state index in [1.165, 1.54) is 0 Å². The average molecular weight is 110 g/mol. The molecule has 0 amide bonds. The van der Waals surface area contributed by atoms with Gasteiger partial charge in [-0.2, -0.15) is 0 Å². The van der Waals surface area contributed by atoms with Crippen molar-refractivity contribution in [1.29, 1.82) is 0 Å². The highest BCUT2D eigenvalue weighted by atomic mass is 28.3. The van der Waals surface area contributed by atoms with E-state index in [1.807, 2.05) is 17.1 Å². The van der Waals surface area contributed by atoms with Crippen LogP contribution in [0, 0.1) is 0 Å². The van der Waals surface area contributed by atoms with Crippen LogP contribution in [-0.2, 0) is 0 Å². The van der Waals surface area contributed by atoms with Crippen LogP contribution in [0.2, 0.25) is 0 Å². The van der Waals surface area contributed by atoms with Crippen LogP contribution in [0.5, 0.6) is 0 Å². The van der Waals surface area contributed by atoms with Crippen LogP contribution >= 0.6 is 0 Å². The van der Waals surface area contributed by atoms with Gasteiger partial charge >= 0.3 is 0 Å². The van der Waals surface area contributed by atoms with Gasteiger partial charge in [0.2, 0.25) is 0 Å². The van der Waals surface area contributed by atoms with Gasteiger partial charge in [-0.15, -0.1) is 19.7 Å². The zero-order valence-electron chi connectivity index (χ0n) is 4.43. The van der Waals surface area contributed by atoms with Crippen molar-refractivity contribution in [2.75, 3.05) is 0 Å². The van der Waals surface area contributed by atoms with Gasteiger partial charge in [0.15, 0.2) is 0 Å². The van der Waals surface area contributed by atoms with Crippen LogP contribution < -0.4 is 0 Å². The number of rotatable bonds is 3. The summed E-state index contributed by atoms with van der Waals surface area (Å²) in [6, 6.07) is 0. The second-order valence-corrected chi connectivity index (χ2v) is 3.85. The lowest BCUT2D eigenvalue weighted by atomic mass is 11.2. The molecule has 38 valence electrons. The van der Waals surface area contributed by atoms with E-state index >= 15 is 0 Å². The number of hydrogen-bond acceptors (Lipinski definition) is 0. The third-order valence-corrected chi connectivity index (χ3v) is 2.45. The second-order valence-electron chi connectivity index (χ2n) is 1.28. The summed E-state index contributed by atoms with van der Waals surface area (Å²) >= 11 is 0. The maximum Gasteiger partial charge on any atom is 0.107 e. The molecule has 0 spiro atoms. The second kappa shape index (κ2) is 3.62. The molecule has 0 aliphatic rings. The lowest BCUT2D eigenvalue weighted by Gasteiger charge is -1.88. The lowest BCUT2D eigenvalue weighted by molar-refractivity contribution is 2.26. The first-order chi connectivity index (χ1) is 3.35. The smallest absolute Gasteiger partial charge is 0.107 e. The van der Waals surface area contributed by atoms with Crippen LogP contribution in [0.15, 0.2) is 36.8 Å². The van der Waals surface area contributed by atoms with Crippen molar-refractivity contribution in [2.45, 2.75) is 0 Å². The fourth-order valence-corrected chi connectivity index (χ4v) is 0.866. The van der Waals surface area contributed by atoms with Gasteiger partial charge in [0.05, 0.1) is 0 Å². The van der Waals surface area contributed by atoms with Gasteiger partial charge in [0.25, 0.3) is 0 Å². The fourth-order valence-electron chi connectivity index (χ4n) is 0.289. The zero-order chi connectivity index (χ0) is 5.70. The minimum atomic E-state index is -0.880. The molecule has 0 rings (SSSR count). The van der Waals surface area contributed by atoms with E-state index < -0.39 is 8.80 Å². The Balaban J connectivity index is 3.57. The van der Waals surface area contributed by atoms with Crippen LogP contribution in [0.4, 0.5) is 0 Å². The van der Waals surface area contributed by atoms with E-state index in [0.29, 0.717) is 0 Å². The van der Waals surface area contributed by atoms with Crippen molar-refractivity contribution in [3.63, 3.8) is 0 Å². The van der Waals surface area contributed by atoms with Crippen molar-refractivity contribution in [3.8, 4) is 0 Å². The standard InChI is InChI=1S/C6H10Si/c1-4-7(5-2)6-3/h4-7H,1-3H2. The maximum atomic E-state index is 3.62. The summed E-state index contributed by atoms with van der Waals surface area (Å²) in [6.45, 7) is 10.9. The molecular weight excluding hydrogens is 100 g/mol. The zero-order valence-corrected chi connectivity index (χ0v) is 5.59. The van der Waals surface area contributed by atoms with Crippen LogP contribution in [-0.4, -0.2) is 8.80 Å². The molecule has 0 aliphatic carbocycles. The molecule has 0 saturated carbocycles. The van der Waals surface area contributed by atoms with Crippen molar-refractivity contribution in [2.24, 2.45) is 0 Å².